The summed E-state index contributed by atoms with van der Waals surface area (Å²) in [5, 5.41) is 0. The van der Waals surface area contributed by atoms with E-state index in [-0.39, 0.29) is 5.92 Å². The van der Waals surface area contributed by atoms with Crippen LogP contribution >= 0.6 is 15.9 Å². The van der Waals surface area contributed by atoms with Gasteiger partial charge in [-0.3, -0.25) is 0 Å². The fraction of sp³-hybridized carbons (Fsp3) is 0.538. The Hall–Kier alpha value is -0.370. The topological polar surface area (TPSA) is 0 Å². The first-order valence-corrected chi connectivity index (χ1v) is 6.47. The van der Waals surface area contributed by atoms with Crippen molar-refractivity contribution in [3.63, 3.8) is 0 Å². The first-order valence-electron chi connectivity index (χ1n) is 5.67. The Morgan fingerprint density at radius 1 is 1.13 bits per heavy atom. The Morgan fingerprint density at radius 2 is 1.80 bits per heavy atom. The second-order valence-corrected chi connectivity index (χ2v) is 5.18. The molecule has 0 nitrogen and oxygen atoms in total. The molecule has 82 valence electrons. The van der Waals surface area contributed by atoms with Crippen molar-refractivity contribution in [2.75, 3.05) is 0 Å². The molecule has 1 aliphatic carbocycles. The molecule has 1 aliphatic rings. The van der Waals surface area contributed by atoms with Gasteiger partial charge >= 0.3 is 0 Å². The Kier molecular flexibility index (Phi) is 3.79. The highest BCUT2D eigenvalue weighted by atomic mass is 79.9. The summed E-state index contributed by atoms with van der Waals surface area (Å²) in [6.07, 6.45) is 4.95. The third-order valence-electron chi connectivity index (χ3n) is 3.27. The maximum atomic E-state index is 14.3. The number of alkyl halides is 1. The smallest absolute Gasteiger partial charge is 0.129 e. The van der Waals surface area contributed by atoms with Gasteiger partial charge in [-0.25, -0.2) is 4.39 Å². The fourth-order valence-electron chi connectivity index (χ4n) is 2.38. The molecule has 1 unspecified atom stereocenters. The van der Waals surface area contributed by atoms with Crippen molar-refractivity contribution >= 4 is 15.9 Å². The molecule has 0 N–H and O–H groups in total. The van der Waals surface area contributed by atoms with Gasteiger partial charge in [0.1, 0.15) is 6.17 Å². The van der Waals surface area contributed by atoms with Crippen LogP contribution in [-0.2, 0) is 0 Å². The Balaban J connectivity index is 2.12. The van der Waals surface area contributed by atoms with E-state index in [2.05, 4.69) is 15.9 Å². The molecule has 2 heteroatoms. The van der Waals surface area contributed by atoms with Crippen molar-refractivity contribution in [2.24, 2.45) is 5.92 Å². The first kappa shape index (κ1) is 11.1. The minimum atomic E-state index is -0.791. The number of halogens is 2. The molecular formula is C13H16BrF. The van der Waals surface area contributed by atoms with E-state index in [1.165, 1.54) is 19.3 Å². The highest BCUT2D eigenvalue weighted by Gasteiger charge is 2.25. The molecule has 15 heavy (non-hydrogen) atoms. The van der Waals surface area contributed by atoms with Crippen LogP contribution in [-0.4, -0.2) is 0 Å². The van der Waals surface area contributed by atoms with Gasteiger partial charge < -0.3 is 0 Å². The molecule has 0 bridgehead atoms. The minimum Gasteiger partial charge on any atom is -0.242 e. The van der Waals surface area contributed by atoms with E-state index in [9.17, 15) is 4.39 Å². The van der Waals surface area contributed by atoms with E-state index >= 15 is 0 Å². The van der Waals surface area contributed by atoms with Crippen LogP contribution in [0.2, 0.25) is 0 Å². The quantitative estimate of drug-likeness (QED) is 0.706. The van der Waals surface area contributed by atoms with E-state index in [0.717, 1.165) is 22.9 Å². The van der Waals surface area contributed by atoms with Crippen LogP contribution < -0.4 is 0 Å². The summed E-state index contributed by atoms with van der Waals surface area (Å²) in [5.74, 6) is 0.234. The van der Waals surface area contributed by atoms with Gasteiger partial charge in [0.15, 0.2) is 0 Å². The highest BCUT2D eigenvalue weighted by molar-refractivity contribution is 9.10. The molecule has 0 spiro atoms. The predicted molar refractivity (Wildman–Crippen MR) is 64.6 cm³/mol. The van der Waals surface area contributed by atoms with Crippen molar-refractivity contribution in [1.82, 2.24) is 0 Å². The van der Waals surface area contributed by atoms with Crippen LogP contribution in [0.3, 0.4) is 0 Å². The summed E-state index contributed by atoms with van der Waals surface area (Å²) in [4.78, 5) is 0. The van der Waals surface area contributed by atoms with Crippen LogP contribution in [0.5, 0.6) is 0 Å². The molecule has 0 aromatic heterocycles. The zero-order chi connectivity index (χ0) is 10.7. The second kappa shape index (κ2) is 5.11. The van der Waals surface area contributed by atoms with Crippen LogP contribution in [0.4, 0.5) is 4.39 Å². The molecule has 0 saturated heterocycles. The van der Waals surface area contributed by atoms with E-state index in [1.807, 2.05) is 24.3 Å². The van der Waals surface area contributed by atoms with Gasteiger partial charge in [0.05, 0.1) is 0 Å². The lowest BCUT2D eigenvalue weighted by molar-refractivity contribution is 0.182. The molecule has 0 heterocycles. The lowest BCUT2D eigenvalue weighted by Gasteiger charge is -2.25. The Labute approximate surface area is 99.0 Å². The van der Waals surface area contributed by atoms with Gasteiger partial charge in [0, 0.05) is 10.0 Å². The van der Waals surface area contributed by atoms with E-state index in [1.54, 1.807) is 0 Å². The van der Waals surface area contributed by atoms with Gasteiger partial charge in [-0.2, -0.15) is 0 Å². The number of rotatable bonds is 2. The molecule has 1 saturated carbocycles. The molecule has 1 fully saturated rings. The third kappa shape index (κ3) is 2.60. The molecule has 1 atom stereocenters. The van der Waals surface area contributed by atoms with Gasteiger partial charge in [-0.15, -0.1) is 0 Å². The minimum absolute atomic E-state index is 0.234. The summed E-state index contributed by atoms with van der Waals surface area (Å²) in [6, 6.07) is 7.66. The van der Waals surface area contributed by atoms with Crippen molar-refractivity contribution in [3.05, 3.63) is 34.3 Å². The van der Waals surface area contributed by atoms with E-state index in [0.29, 0.717) is 0 Å². The SMILES string of the molecule is FC(c1ccccc1Br)C1CCCCC1. The second-order valence-electron chi connectivity index (χ2n) is 4.32. The Bertz CT molecular complexity index is 318. The first-order chi connectivity index (χ1) is 7.29. The molecule has 1 aromatic carbocycles. The zero-order valence-electron chi connectivity index (χ0n) is 8.76. The number of benzene rings is 1. The van der Waals surface area contributed by atoms with Gasteiger partial charge in [-0.1, -0.05) is 53.4 Å². The molecule has 0 radical (unpaired) electrons. The maximum absolute atomic E-state index is 14.3. The maximum Gasteiger partial charge on any atom is 0.129 e. The average molecular weight is 271 g/mol. The molecule has 2 rings (SSSR count). The standard InChI is InChI=1S/C13H16BrF/c14-12-9-5-4-8-11(12)13(15)10-6-2-1-3-7-10/h4-5,8-10,13H,1-3,6-7H2. The average Bonchev–Trinajstić information content (AvgIpc) is 2.30. The summed E-state index contributed by atoms with van der Waals surface area (Å²) >= 11 is 3.42. The van der Waals surface area contributed by atoms with Crippen molar-refractivity contribution in [1.29, 1.82) is 0 Å². The third-order valence-corrected chi connectivity index (χ3v) is 3.99. The van der Waals surface area contributed by atoms with Crippen LogP contribution in [0, 0.1) is 5.92 Å². The monoisotopic (exact) mass is 270 g/mol. The summed E-state index contributed by atoms with van der Waals surface area (Å²) in [7, 11) is 0. The highest BCUT2D eigenvalue weighted by Crippen LogP contribution is 2.39. The lowest BCUT2D eigenvalue weighted by atomic mass is 9.83. The molecular weight excluding hydrogens is 255 g/mol. The van der Waals surface area contributed by atoms with Crippen LogP contribution in [0.15, 0.2) is 28.7 Å². The van der Waals surface area contributed by atoms with Gasteiger partial charge in [0.25, 0.3) is 0 Å². The molecule has 0 amide bonds. The number of hydrogen-bond acceptors (Lipinski definition) is 0. The zero-order valence-corrected chi connectivity index (χ0v) is 10.3. The molecule has 1 aromatic rings. The lowest BCUT2D eigenvalue weighted by Crippen LogP contribution is -2.13. The largest absolute Gasteiger partial charge is 0.242 e. The van der Waals surface area contributed by atoms with E-state index in [4.69, 9.17) is 0 Å². The summed E-state index contributed by atoms with van der Waals surface area (Å²) < 4.78 is 15.2. The normalized spacial score (nSPS) is 20.1. The predicted octanol–water partition coefficient (Wildman–Crippen LogP) is 5.04. The molecule has 0 aliphatic heterocycles. The fourth-order valence-corrected chi connectivity index (χ4v) is 2.88. The van der Waals surface area contributed by atoms with E-state index < -0.39 is 6.17 Å². The Morgan fingerprint density at radius 3 is 2.47 bits per heavy atom. The van der Waals surface area contributed by atoms with Gasteiger partial charge in [0.2, 0.25) is 0 Å². The van der Waals surface area contributed by atoms with Crippen molar-refractivity contribution in [2.45, 2.75) is 38.3 Å². The van der Waals surface area contributed by atoms with Crippen molar-refractivity contribution in [3.8, 4) is 0 Å². The van der Waals surface area contributed by atoms with Crippen molar-refractivity contribution < 1.29 is 4.39 Å². The van der Waals surface area contributed by atoms with Crippen LogP contribution in [0.1, 0.15) is 43.8 Å². The summed E-state index contributed by atoms with van der Waals surface area (Å²) in [6.45, 7) is 0. The van der Waals surface area contributed by atoms with Gasteiger partial charge in [-0.05, 0) is 24.8 Å². The summed E-state index contributed by atoms with van der Waals surface area (Å²) in [5.41, 5.74) is 0.824. The number of hydrogen-bond donors (Lipinski definition) is 0. The van der Waals surface area contributed by atoms with Crippen LogP contribution in [0.25, 0.3) is 0 Å².